The predicted octanol–water partition coefficient (Wildman–Crippen LogP) is 6.20. The zero-order chi connectivity index (χ0) is 24.5. The van der Waals surface area contributed by atoms with E-state index in [9.17, 15) is 22.0 Å². The molecule has 1 amide bonds. The molecule has 1 unspecified atom stereocenters. The Kier molecular flexibility index (Phi) is 7.42. The largest absolute Gasteiger partial charge is 0.473 e. The van der Waals surface area contributed by atoms with Gasteiger partial charge in [0.2, 0.25) is 6.10 Å². The summed E-state index contributed by atoms with van der Waals surface area (Å²) in [4.78, 5) is 16.9. The summed E-state index contributed by atoms with van der Waals surface area (Å²) in [5.41, 5.74) is 0.166. The van der Waals surface area contributed by atoms with E-state index in [0.717, 1.165) is 36.3 Å². The number of rotatable bonds is 7. The molecule has 0 radical (unpaired) electrons. The molecule has 1 aliphatic carbocycles. The van der Waals surface area contributed by atoms with Crippen LogP contribution in [0.15, 0.2) is 47.5 Å². The number of carbonyl (C=O) groups is 1. The number of amides is 1. The molecule has 1 heterocycles. The lowest BCUT2D eigenvalue weighted by molar-refractivity contribution is -0.123. The predicted molar refractivity (Wildman–Crippen MR) is 126 cm³/mol. The van der Waals surface area contributed by atoms with Gasteiger partial charge in [-0.15, -0.1) is 0 Å². The molecule has 1 saturated carbocycles. The molecule has 0 saturated heterocycles. The minimum absolute atomic E-state index is 0.0383. The third kappa shape index (κ3) is 5.35. The number of aromatic nitrogens is 1. The zero-order valence-corrected chi connectivity index (χ0v) is 20.6. The highest BCUT2D eigenvalue weighted by Gasteiger charge is 2.33. The maximum Gasteiger partial charge on any atom is 0.271 e. The van der Waals surface area contributed by atoms with Crippen molar-refractivity contribution < 1.29 is 26.7 Å². The molecular formula is C22H18Cl2F2N2O4S2. The Labute approximate surface area is 208 Å². The van der Waals surface area contributed by atoms with Crippen LogP contribution in [0.3, 0.4) is 0 Å². The fourth-order valence-corrected chi connectivity index (χ4v) is 6.97. The molecule has 1 aromatic heterocycles. The monoisotopic (exact) mass is 546 g/mol. The average molecular weight is 547 g/mol. The Hall–Kier alpha value is -2.27. The molecule has 1 atom stereocenters. The normalized spacial score (nSPS) is 15.3. The number of nitrogens with one attached hydrogen (secondary N) is 1. The van der Waals surface area contributed by atoms with Gasteiger partial charge in [0.15, 0.2) is 26.5 Å². The van der Waals surface area contributed by atoms with Crippen LogP contribution in [0.25, 0.3) is 0 Å². The van der Waals surface area contributed by atoms with Crippen LogP contribution in [0.2, 0.25) is 9.36 Å². The lowest BCUT2D eigenvalue weighted by Gasteiger charge is -2.20. The van der Waals surface area contributed by atoms with E-state index in [1.54, 1.807) is 0 Å². The Morgan fingerprint density at radius 2 is 1.88 bits per heavy atom. The molecule has 2 aromatic carbocycles. The zero-order valence-electron chi connectivity index (χ0n) is 17.4. The molecule has 4 rings (SSSR count). The third-order valence-corrected chi connectivity index (χ3v) is 9.16. The SMILES string of the molecule is O=C(Nc1ncc(Cl)s1)C(Oc1ccc(F)cc1F)c1ccc(S(=O)(=O)C2CCCC2)c(Cl)c1. The topological polar surface area (TPSA) is 85.4 Å². The van der Waals surface area contributed by atoms with Crippen LogP contribution in [0.1, 0.15) is 37.4 Å². The summed E-state index contributed by atoms with van der Waals surface area (Å²) in [6.45, 7) is 0. The van der Waals surface area contributed by atoms with Crippen molar-refractivity contribution in [3.8, 4) is 5.75 Å². The number of nitrogens with zero attached hydrogens (tertiary/aromatic N) is 1. The number of ether oxygens (including phenoxy) is 1. The maximum absolute atomic E-state index is 14.3. The van der Waals surface area contributed by atoms with E-state index in [1.807, 2.05) is 0 Å². The number of anilines is 1. The van der Waals surface area contributed by atoms with Crippen LogP contribution >= 0.6 is 34.5 Å². The van der Waals surface area contributed by atoms with E-state index in [-0.39, 0.29) is 26.4 Å². The quantitative estimate of drug-likeness (QED) is 0.381. The number of halogens is 4. The van der Waals surface area contributed by atoms with Gasteiger partial charge in [-0.1, -0.05) is 53.4 Å². The standard InChI is InChI=1S/C22H18Cl2F2N2O4S2/c23-15-9-12(5-8-18(15)34(30,31)14-3-1-2-4-14)20(21(29)28-22-27-11-19(24)33-22)32-17-7-6-13(25)10-16(17)26/h5-11,14,20H,1-4H2,(H,27,28,29). The fraction of sp³-hybridized carbons (Fsp3) is 0.273. The first kappa shape index (κ1) is 24.8. The number of benzene rings is 2. The van der Waals surface area contributed by atoms with Crippen molar-refractivity contribution in [3.63, 3.8) is 0 Å². The molecule has 1 N–H and O–H groups in total. The summed E-state index contributed by atoms with van der Waals surface area (Å²) in [6.07, 6.45) is 2.68. The van der Waals surface area contributed by atoms with Crippen LogP contribution in [-0.2, 0) is 14.6 Å². The van der Waals surface area contributed by atoms with E-state index in [0.29, 0.717) is 23.2 Å². The Balaban J connectivity index is 1.68. The highest BCUT2D eigenvalue weighted by molar-refractivity contribution is 7.92. The molecule has 6 nitrogen and oxygen atoms in total. The van der Waals surface area contributed by atoms with E-state index < -0.39 is 38.7 Å². The second-order valence-electron chi connectivity index (χ2n) is 7.67. The molecule has 180 valence electrons. The average Bonchev–Trinajstić information content (AvgIpc) is 3.45. The van der Waals surface area contributed by atoms with Crippen molar-refractivity contribution in [2.75, 3.05) is 5.32 Å². The minimum atomic E-state index is -3.65. The third-order valence-electron chi connectivity index (χ3n) is 5.39. The van der Waals surface area contributed by atoms with Crippen LogP contribution in [-0.4, -0.2) is 24.6 Å². The van der Waals surface area contributed by atoms with Gasteiger partial charge in [0.1, 0.15) is 10.2 Å². The lowest BCUT2D eigenvalue weighted by Crippen LogP contribution is -2.26. The van der Waals surface area contributed by atoms with Gasteiger partial charge < -0.3 is 4.74 Å². The second-order valence-corrected chi connectivity index (χ2v) is 11.9. The number of thiazole rings is 1. The Bertz CT molecular complexity index is 1330. The number of hydrogen-bond acceptors (Lipinski definition) is 6. The van der Waals surface area contributed by atoms with Crippen molar-refractivity contribution in [2.24, 2.45) is 0 Å². The Morgan fingerprint density at radius 3 is 2.50 bits per heavy atom. The molecule has 1 aliphatic rings. The molecule has 0 aliphatic heterocycles. The summed E-state index contributed by atoms with van der Waals surface area (Å²) in [5, 5.41) is 2.11. The van der Waals surface area contributed by atoms with E-state index in [2.05, 4.69) is 10.3 Å². The van der Waals surface area contributed by atoms with E-state index >= 15 is 0 Å². The van der Waals surface area contributed by atoms with Gasteiger partial charge in [-0.3, -0.25) is 10.1 Å². The van der Waals surface area contributed by atoms with Gasteiger partial charge in [0.25, 0.3) is 5.91 Å². The summed E-state index contributed by atoms with van der Waals surface area (Å²) >= 11 is 13.2. The molecular weight excluding hydrogens is 529 g/mol. The van der Waals surface area contributed by atoms with Crippen molar-refractivity contribution in [1.29, 1.82) is 0 Å². The second kappa shape index (κ2) is 10.2. The number of hydrogen-bond donors (Lipinski definition) is 1. The van der Waals surface area contributed by atoms with Gasteiger partial charge in [-0.25, -0.2) is 22.2 Å². The first-order valence-corrected chi connectivity index (χ1v) is 13.3. The molecule has 0 spiro atoms. The van der Waals surface area contributed by atoms with Crippen LogP contribution in [0, 0.1) is 11.6 Å². The first-order chi connectivity index (χ1) is 16.1. The molecule has 34 heavy (non-hydrogen) atoms. The highest BCUT2D eigenvalue weighted by Crippen LogP contribution is 2.35. The summed E-state index contributed by atoms with van der Waals surface area (Å²) in [6, 6.07) is 6.65. The lowest BCUT2D eigenvalue weighted by atomic mass is 10.1. The Morgan fingerprint density at radius 1 is 1.15 bits per heavy atom. The van der Waals surface area contributed by atoms with Crippen LogP contribution in [0.4, 0.5) is 13.9 Å². The van der Waals surface area contributed by atoms with Crippen LogP contribution < -0.4 is 10.1 Å². The molecule has 12 heteroatoms. The van der Waals surface area contributed by atoms with E-state index in [4.69, 9.17) is 27.9 Å². The molecule has 1 fully saturated rings. The van der Waals surface area contributed by atoms with Gasteiger partial charge >= 0.3 is 0 Å². The smallest absolute Gasteiger partial charge is 0.271 e. The van der Waals surface area contributed by atoms with Crippen molar-refractivity contribution in [3.05, 3.63) is 69.2 Å². The summed E-state index contributed by atoms with van der Waals surface area (Å²) in [5.74, 6) is -2.94. The van der Waals surface area contributed by atoms with E-state index in [1.165, 1.54) is 24.4 Å². The fourth-order valence-electron chi connectivity index (χ4n) is 3.74. The first-order valence-electron chi connectivity index (χ1n) is 10.2. The van der Waals surface area contributed by atoms with Gasteiger partial charge in [0.05, 0.1) is 21.4 Å². The molecule has 0 bridgehead atoms. The highest BCUT2D eigenvalue weighted by atomic mass is 35.5. The number of sulfone groups is 1. The van der Waals surface area contributed by atoms with Crippen molar-refractivity contribution in [2.45, 2.75) is 41.9 Å². The molecule has 3 aromatic rings. The maximum atomic E-state index is 14.3. The number of carbonyl (C=O) groups excluding carboxylic acids is 1. The summed E-state index contributed by atoms with van der Waals surface area (Å²) in [7, 11) is -3.65. The minimum Gasteiger partial charge on any atom is -0.473 e. The van der Waals surface area contributed by atoms with Crippen LogP contribution in [0.5, 0.6) is 5.75 Å². The van der Waals surface area contributed by atoms with Gasteiger partial charge in [-0.2, -0.15) is 0 Å². The summed E-state index contributed by atoms with van der Waals surface area (Å²) < 4.78 is 59.5. The van der Waals surface area contributed by atoms with Crippen molar-refractivity contribution in [1.82, 2.24) is 4.98 Å². The van der Waals surface area contributed by atoms with Crippen molar-refractivity contribution >= 4 is 55.4 Å². The van der Waals surface area contributed by atoms with Gasteiger partial charge in [-0.05, 0) is 37.1 Å². The van der Waals surface area contributed by atoms with Gasteiger partial charge in [0, 0.05) is 11.6 Å².